The molecule has 0 spiro atoms. The Kier molecular flexibility index (Phi) is 2.60. The van der Waals surface area contributed by atoms with E-state index in [2.05, 4.69) is 15.3 Å². The molecule has 15 heavy (non-hydrogen) atoms. The van der Waals surface area contributed by atoms with E-state index in [-0.39, 0.29) is 5.91 Å². The summed E-state index contributed by atoms with van der Waals surface area (Å²) in [5.41, 5.74) is 1.39. The van der Waals surface area contributed by atoms with Crippen LogP contribution in [0.3, 0.4) is 0 Å². The average Bonchev–Trinajstić information content (AvgIpc) is 2.63. The number of hydrogen-bond acceptors (Lipinski definition) is 2. The maximum absolute atomic E-state index is 11.5. The van der Waals surface area contributed by atoms with Crippen LogP contribution in [0.15, 0.2) is 18.2 Å². The molecular weight excluding hydrogens is 214 g/mol. The molecule has 0 fully saturated rings. The fourth-order valence-corrected chi connectivity index (χ4v) is 1.57. The summed E-state index contributed by atoms with van der Waals surface area (Å²) in [7, 11) is 0. The Morgan fingerprint density at radius 3 is 3.07 bits per heavy atom. The highest BCUT2D eigenvalue weighted by Crippen LogP contribution is 2.20. The molecule has 78 valence electrons. The minimum absolute atomic E-state index is 0.218. The van der Waals surface area contributed by atoms with Crippen molar-refractivity contribution in [3.63, 3.8) is 0 Å². The van der Waals surface area contributed by atoms with Crippen LogP contribution < -0.4 is 5.32 Å². The van der Waals surface area contributed by atoms with Gasteiger partial charge in [0, 0.05) is 6.54 Å². The summed E-state index contributed by atoms with van der Waals surface area (Å²) in [6.07, 6.45) is 0. The van der Waals surface area contributed by atoms with E-state index in [0.29, 0.717) is 28.4 Å². The van der Waals surface area contributed by atoms with E-state index in [4.69, 9.17) is 11.6 Å². The first kappa shape index (κ1) is 9.98. The van der Waals surface area contributed by atoms with E-state index in [1.165, 1.54) is 0 Å². The Morgan fingerprint density at radius 2 is 2.40 bits per heavy atom. The quantitative estimate of drug-likeness (QED) is 0.818. The van der Waals surface area contributed by atoms with Crippen molar-refractivity contribution in [3.05, 3.63) is 29.0 Å². The second kappa shape index (κ2) is 3.90. The molecule has 1 amide bonds. The Labute approximate surface area is 91.7 Å². The summed E-state index contributed by atoms with van der Waals surface area (Å²) in [5, 5.41) is 3.23. The minimum Gasteiger partial charge on any atom is -0.350 e. The number of H-pyrrole nitrogens is 1. The minimum atomic E-state index is -0.218. The summed E-state index contributed by atoms with van der Waals surface area (Å²) < 4.78 is 0. The molecule has 1 heterocycles. The van der Waals surface area contributed by atoms with Gasteiger partial charge in [-0.15, -0.1) is 0 Å². The Morgan fingerprint density at radius 1 is 1.60 bits per heavy atom. The third kappa shape index (κ3) is 1.80. The van der Waals surface area contributed by atoms with Gasteiger partial charge in [-0.05, 0) is 19.1 Å². The van der Waals surface area contributed by atoms with E-state index in [1.54, 1.807) is 18.2 Å². The molecule has 2 rings (SSSR count). The van der Waals surface area contributed by atoms with Gasteiger partial charge in [0.15, 0.2) is 5.82 Å². The predicted molar refractivity (Wildman–Crippen MR) is 59.1 cm³/mol. The second-order valence-corrected chi connectivity index (χ2v) is 3.49. The van der Waals surface area contributed by atoms with Crippen LogP contribution >= 0.6 is 11.6 Å². The van der Waals surface area contributed by atoms with E-state index >= 15 is 0 Å². The number of nitrogens with zero attached hydrogens (tertiary/aromatic N) is 1. The third-order valence-corrected chi connectivity index (χ3v) is 2.33. The zero-order chi connectivity index (χ0) is 10.8. The lowest BCUT2D eigenvalue weighted by Crippen LogP contribution is -2.23. The third-order valence-electron chi connectivity index (χ3n) is 2.02. The largest absolute Gasteiger partial charge is 0.350 e. The predicted octanol–water partition coefficient (Wildman–Crippen LogP) is 1.97. The van der Waals surface area contributed by atoms with Crippen LogP contribution in [-0.2, 0) is 0 Å². The number of benzene rings is 1. The summed E-state index contributed by atoms with van der Waals surface area (Å²) in [5.74, 6) is 0.0738. The number of rotatable bonds is 2. The first-order chi connectivity index (χ1) is 7.22. The van der Waals surface area contributed by atoms with Gasteiger partial charge in [-0.25, -0.2) is 4.98 Å². The smallest absolute Gasteiger partial charge is 0.287 e. The standard InChI is InChI=1S/C10H10ClN3O/c1-2-12-10(15)9-13-7-5-3-4-6(11)8(7)14-9/h3-5H,2H2,1H3,(H,12,15)(H,13,14). The Bertz CT molecular complexity index is 506. The number of nitrogens with one attached hydrogen (secondary N) is 2. The molecule has 5 heteroatoms. The van der Waals surface area contributed by atoms with E-state index < -0.39 is 0 Å². The van der Waals surface area contributed by atoms with E-state index in [0.717, 1.165) is 0 Å². The maximum atomic E-state index is 11.5. The number of para-hydroxylation sites is 1. The summed E-state index contributed by atoms with van der Waals surface area (Å²) in [6.45, 7) is 2.43. The van der Waals surface area contributed by atoms with Gasteiger partial charge in [0.1, 0.15) is 0 Å². The highest BCUT2D eigenvalue weighted by molar-refractivity contribution is 6.35. The number of imidazole rings is 1. The molecule has 1 aromatic heterocycles. The molecule has 0 aliphatic heterocycles. The lowest BCUT2D eigenvalue weighted by atomic mass is 10.3. The first-order valence-electron chi connectivity index (χ1n) is 4.64. The highest BCUT2D eigenvalue weighted by atomic mass is 35.5. The van der Waals surface area contributed by atoms with Gasteiger partial charge >= 0.3 is 0 Å². The van der Waals surface area contributed by atoms with E-state index in [1.807, 2.05) is 6.92 Å². The van der Waals surface area contributed by atoms with Gasteiger partial charge in [0.2, 0.25) is 0 Å². The van der Waals surface area contributed by atoms with Crippen molar-refractivity contribution >= 4 is 28.5 Å². The van der Waals surface area contributed by atoms with Crippen molar-refractivity contribution in [1.29, 1.82) is 0 Å². The zero-order valence-corrected chi connectivity index (χ0v) is 8.93. The highest BCUT2D eigenvalue weighted by Gasteiger charge is 2.11. The van der Waals surface area contributed by atoms with Crippen LogP contribution in [0, 0.1) is 0 Å². The topological polar surface area (TPSA) is 57.8 Å². The lowest BCUT2D eigenvalue weighted by molar-refractivity contribution is 0.0947. The van der Waals surface area contributed by atoms with E-state index in [9.17, 15) is 4.79 Å². The number of hydrogen-bond donors (Lipinski definition) is 2. The van der Waals surface area contributed by atoms with Crippen LogP contribution in [0.5, 0.6) is 0 Å². The van der Waals surface area contributed by atoms with Crippen molar-refractivity contribution in [2.45, 2.75) is 6.92 Å². The number of carbonyl (C=O) groups is 1. The van der Waals surface area contributed by atoms with Gasteiger partial charge in [0.25, 0.3) is 5.91 Å². The molecule has 0 aliphatic rings. The lowest BCUT2D eigenvalue weighted by Gasteiger charge is -1.95. The Hall–Kier alpha value is -1.55. The van der Waals surface area contributed by atoms with Gasteiger partial charge < -0.3 is 10.3 Å². The molecule has 0 bridgehead atoms. The fraction of sp³-hybridized carbons (Fsp3) is 0.200. The van der Waals surface area contributed by atoms with Crippen LogP contribution in [0.1, 0.15) is 17.5 Å². The number of halogens is 1. The van der Waals surface area contributed by atoms with Crippen LogP contribution in [0.4, 0.5) is 0 Å². The molecule has 0 saturated heterocycles. The molecule has 0 aliphatic carbocycles. The van der Waals surface area contributed by atoms with Gasteiger partial charge in [0.05, 0.1) is 16.1 Å². The van der Waals surface area contributed by atoms with Gasteiger partial charge in [-0.1, -0.05) is 17.7 Å². The number of aromatic amines is 1. The Balaban J connectivity index is 2.47. The molecule has 2 N–H and O–H groups in total. The van der Waals surface area contributed by atoms with Crippen LogP contribution in [0.2, 0.25) is 5.02 Å². The molecule has 0 atom stereocenters. The fourth-order valence-electron chi connectivity index (χ4n) is 1.35. The maximum Gasteiger partial charge on any atom is 0.287 e. The van der Waals surface area contributed by atoms with Crippen molar-refractivity contribution < 1.29 is 4.79 Å². The van der Waals surface area contributed by atoms with Crippen molar-refractivity contribution in [2.75, 3.05) is 6.54 Å². The molecule has 0 radical (unpaired) electrons. The molecule has 1 aromatic carbocycles. The normalized spacial score (nSPS) is 10.5. The number of aromatic nitrogens is 2. The summed E-state index contributed by atoms with van der Waals surface area (Å²) in [4.78, 5) is 18.5. The van der Waals surface area contributed by atoms with Crippen molar-refractivity contribution in [3.8, 4) is 0 Å². The molecular formula is C10H10ClN3O. The number of carbonyl (C=O) groups excluding carboxylic acids is 1. The average molecular weight is 224 g/mol. The first-order valence-corrected chi connectivity index (χ1v) is 5.02. The molecule has 2 aromatic rings. The van der Waals surface area contributed by atoms with Crippen molar-refractivity contribution in [2.24, 2.45) is 0 Å². The van der Waals surface area contributed by atoms with Crippen LogP contribution in [0.25, 0.3) is 11.0 Å². The van der Waals surface area contributed by atoms with Gasteiger partial charge in [-0.2, -0.15) is 0 Å². The molecule has 4 nitrogen and oxygen atoms in total. The summed E-state index contributed by atoms with van der Waals surface area (Å²) in [6, 6.07) is 5.36. The monoisotopic (exact) mass is 223 g/mol. The SMILES string of the molecule is CCNC(=O)c1nc2cccc(Cl)c2[nH]1. The zero-order valence-electron chi connectivity index (χ0n) is 8.17. The number of fused-ring (bicyclic) bond motifs is 1. The number of amides is 1. The molecule has 0 saturated carbocycles. The van der Waals surface area contributed by atoms with Crippen molar-refractivity contribution in [1.82, 2.24) is 15.3 Å². The van der Waals surface area contributed by atoms with Gasteiger partial charge in [-0.3, -0.25) is 4.79 Å². The molecule has 0 unspecified atom stereocenters. The second-order valence-electron chi connectivity index (χ2n) is 3.08. The van der Waals surface area contributed by atoms with Crippen LogP contribution in [-0.4, -0.2) is 22.4 Å². The summed E-state index contributed by atoms with van der Waals surface area (Å²) >= 11 is 5.95.